The van der Waals surface area contributed by atoms with E-state index in [0.717, 1.165) is 72.4 Å². The zero-order valence-corrected chi connectivity index (χ0v) is 43.7. The second kappa shape index (κ2) is 24.2. The Balaban J connectivity index is 0.918. The summed E-state index contributed by atoms with van der Waals surface area (Å²) in [5.41, 5.74) is 5.43. The fourth-order valence-corrected chi connectivity index (χ4v) is 10.9. The van der Waals surface area contributed by atoms with Crippen molar-refractivity contribution in [2.75, 3.05) is 86.5 Å². The van der Waals surface area contributed by atoms with Crippen molar-refractivity contribution in [1.82, 2.24) is 29.7 Å². The smallest absolute Gasteiger partial charge is 0.306 e. The number of aliphatic carboxylic acids is 1. The van der Waals surface area contributed by atoms with Crippen LogP contribution < -0.4 is 18.9 Å². The highest BCUT2D eigenvalue weighted by Gasteiger charge is 2.35. The number of hydrogen-bond donors (Lipinski definition) is 1. The fourth-order valence-electron chi connectivity index (χ4n) is 9.18. The van der Waals surface area contributed by atoms with Gasteiger partial charge in [0.2, 0.25) is 5.88 Å². The van der Waals surface area contributed by atoms with Gasteiger partial charge < -0.3 is 43.2 Å². The number of thiophene rings is 1. The molecule has 0 unspecified atom stereocenters. The molecule has 5 heterocycles. The first-order valence-electron chi connectivity index (χ1n) is 24.5. The Morgan fingerprint density at radius 1 is 0.973 bits per heavy atom. The summed E-state index contributed by atoms with van der Waals surface area (Å²) in [6.07, 6.45) is 7.70. The molecule has 0 amide bonds. The molecule has 0 spiro atoms. The maximum Gasteiger partial charge on any atom is 0.306 e. The SMILES string of the molecule is COCCOCCOC[C@H]1CC=C(c2nccc(COc3ccc(OC[C@@H](CN4CCN(C)CC4)Oc4c(Cl)c(C)c5c(c4Cl)Oc4ncnc6sc(-c7ccc(F)cc7)c-5c46)cc3C[C@@H](C)C(=O)O)n2)CC1. The Morgan fingerprint density at radius 2 is 1.77 bits per heavy atom. The molecular weight excluding hydrogens is 999 g/mol. The number of hydrogen-bond acceptors (Lipinski definition) is 15. The minimum Gasteiger partial charge on any atom is -0.490 e. The molecule has 1 fully saturated rings. The predicted molar refractivity (Wildman–Crippen MR) is 279 cm³/mol. The molecular formula is C54H59Cl2FN6O9S. The van der Waals surface area contributed by atoms with Crippen LogP contribution in [0.4, 0.5) is 4.39 Å². The van der Waals surface area contributed by atoms with Gasteiger partial charge in [-0.25, -0.2) is 24.3 Å². The Hall–Kier alpha value is -5.50. The zero-order valence-electron chi connectivity index (χ0n) is 41.3. The summed E-state index contributed by atoms with van der Waals surface area (Å²) in [5.74, 6) is 1.08. The van der Waals surface area contributed by atoms with E-state index in [1.165, 1.54) is 29.8 Å². The lowest BCUT2D eigenvalue weighted by Crippen LogP contribution is -2.49. The molecule has 0 saturated carbocycles. The number of methoxy groups -OCH3 is 1. The second-order valence-corrected chi connectivity index (χ2v) is 20.4. The second-order valence-electron chi connectivity index (χ2n) is 18.6. The van der Waals surface area contributed by atoms with Gasteiger partial charge in [-0.3, -0.25) is 9.69 Å². The summed E-state index contributed by atoms with van der Waals surface area (Å²) in [5, 5.41) is 11.2. The number of carboxylic acid groups (broad SMARTS) is 1. The van der Waals surface area contributed by atoms with Crippen molar-refractivity contribution in [3.05, 3.63) is 106 Å². The third kappa shape index (κ3) is 12.5. The molecule has 3 atom stereocenters. The molecule has 2 aliphatic heterocycles. The summed E-state index contributed by atoms with van der Waals surface area (Å²) >= 11 is 16.1. The lowest BCUT2D eigenvalue weighted by molar-refractivity contribution is -0.141. The van der Waals surface area contributed by atoms with Crippen LogP contribution in [0.1, 0.15) is 48.8 Å². The van der Waals surface area contributed by atoms with Gasteiger partial charge in [0.25, 0.3) is 0 Å². The number of piperazine rings is 1. The van der Waals surface area contributed by atoms with Crippen molar-refractivity contribution in [2.45, 2.75) is 52.2 Å². The van der Waals surface area contributed by atoms with Crippen LogP contribution in [-0.2, 0) is 32.0 Å². The maximum absolute atomic E-state index is 14.1. The van der Waals surface area contributed by atoms with Crippen molar-refractivity contribution < 1.29 is 47.4 Å². The minimum absolute atomic E-state index is 0.0949. The molecule has 386 valence electrons. The lowest BCUT2D eigenvalue weighted by Gasteiger charge is -2.35. The summed E-state index contributed by atoms with van der Waals surface area (Å²) in [6, 6.07) is 13.6. The van der Waals surface area contributed by atoms with E-state index in [1.807, 2.05) is 19.1 Å². The monoisotopic (exact) mass is 1060 g/mol. The highest BCUT2D eigenvalue weighted by atomic mass is 35.5. The summed E-state index contributed by atoms with van der Waals surface area (Å²) in [6.45, 7) is 10.6. The number of allylic oxidation sites excluding steroid dienone is 2. The highest BCUT2D eigenvalue weighted by Crippen LogP contribution is 2.59. The van der Waals surface area contributed by atoms with E-state index >= 15 is 0 Å². The van der Waals surface area contributed by atoms with Crippen LogP contribution in [0.2, 0.25) is 10.0 Å². The molecule has 1 aliphatic carbocycles. The van der Waals surface area contributed by atoms with Crippen molar-refractivity contribution >= 4 is 56.3 Å². The number of carboxylic acids is 1. The zero-order chi connectivity index (χ0) is 51.0. The summed E-state index contributed by atoms with van der Waals surface area (Å²) < 4.78 is 56.7. The minimum atomic E-state index is -0.927. The van der Waals surface area contributed by atoms with E-state index < -0.39 is 18.0 Å². The number of nitrogens with zero attached hydrogens (tertiary/aromatic N) is 6. The Bertz CT molecular complexity index is 2940. The number of halogens is 3. The predicted octanol–water partition coefficient (Wildman–Crippen LogP) is 10.5. The summed E-state index contributed by atoms with van der Waals surface area (Å²) in [7, 11) is 3.75. The molecule has 19 heteroatoms. The van der Waals surface area contributed by atoms with E-state index in [2.05, 4.69) is 37.9 Å². The molecule has 73 heavy (non-hydrogen) atoms. The van der Waals surface area contributed by atoms with Gasteiger partial charge in [-0.15, -0.1) is 11.3 Å². The Kier molecular flexibility index (Phi) is 17.4. The molecule has 9 rings (SSSR count). The molecule has 0 radical (unpaired) electrons. The van der Waals surface area contributed by atoms with Gasteiger partial charge in [0.1, 0.15) is 52.8 Å². The molecule has 1 saturated heterocycles. The average Bonchev–Trinajstić information content (AvgIpc) is 3.79. The highest BCUT2D eigenvalue weighted by molar-refractivity contribution is 7.22. The van der Waals surface area contributed by atoms with Crippen LogP contribution in [0.15, 0.2) is 67.1 Å². The molecule has 3 aliphatic rings. The Labute approximate surface area is 438 Å². The van der Waals surface area contributed by atoms with Crippen LogP contribution in [0.25, 0.3) is 37.4 Å². The first kappa shape index (κ1) is 52.4. The maximum atomic E-state index is 14.1. The normalized spacial score (nSPS) is 16.6. The van der Waals surface area contributed by atoms with Crippen LogP contribution in [0, 0.1) is 24.6 Å². The van der Waals surface area contributed by atoms with Crippen molar-refractivity contribution in [3.63, 3.8) is 0 Å². The molecule has 1 N–H and O–H groups in total. The number of likely N-dealkylation sites (N-methyl/N-ethyl adjacent to an activating group) is 1. The number of benzene rings is 3. The van der Waals surface area contributed by atoms with Gasteiger partial charge in [-0.2, -0.15) is 0 Å². The van der Waals surface area contributed by atoms with E-state index in [9.17, 15) is 14.3 Å². The van der Waals surface area contributed by atoms with Crippen molar-refractivity contribution in [1.29, 1.82) is 0 Å². The number of aromatic nitrogens is 4. The quantitative estimate of drug-likeness (QED) is 0.0603. The van der Waals surface area contributed by atoms with Crippen LogP contribution in [0.5, 0.6) is 28.9 Å². The van der Waals surface area contributed by atoms with Gasteiger partial charge in [-0.05, 0) is 104 Å². The molecule has 3 aromatic heterocycles. The third-order valence-electron chi connectivity index (χ3n) is 13.3. The van der Waals surface area contributed by atoms with Gasteiger partial charge in [0, 0.05) is 68.6 Å². The van der Waals surface area contributed by atoms with Gasteiger partial charge in [0.15, 0.2) is 17.3 Å². The molecule has 0 bridgehead atoms. The van der Waals surface area contributed by atoms with Crippen LogP contribution in [-0.4, -0.2) is 133 Å². The van der Waals surface area contributed by atoms with Crippen molar-refractivity contribution in [3.8, 4) is 50.4 Å². The first-order chi connectivity index (χ1) is 35.4. The van der Waals surface area contributed by atoms with Crippen LogP contribution >= 0.6 is 34.5 Å². The van der Waals surface area contributed by atoms with Gasteiger partial charge in [0.05, 0.1) is 48.4 Å². The van der Waals surface area contributed by atoms with E-state index in [-0.39, 0.29) is 36.2 Å². The van der Waals surface area contributed by atoms with E-state index in [0.29, 0.717) is 107 Å². The number of carbonyl (C=O) groups is 1. The number of rotatable bonds is 23. The van der Waals surface area contributed by atoms with Gasteiger partial charge in [-0.1, -0.05) is 48.3 Å². The molecule has 6 aromatic rings. The first-order valence-corrected chi connectivity index (χ1v) is 26.1. The van der Waals surface area contributed by atoms with E-state index in [1.54, 1.807) is 44.5 Å². The third-order valence-corrected chi connectivity index (χ3v) is 15.3. The van der Waals surface area contributed by atoms with Crippen molar-refractivity contribution in [2.24, 2.45) is 11.8 Å². The standard InChI is InChI=1S/C54H59Cl2FN6O9S/c1-32(54(64)65)25-37-26-40(13-14-42(37)70-29-39-15-16-58-51(61-39)36-7-5-34(6-8-36)28-68-24-23-67-22-21-66-4)69-30-41(27-63-19-17-62(3)18-20-63)71-49-46(55)33(2)43-44-45-52(72-48(43)47(49)56)59-31-60-53(45)73-50(44)35-9-11-38(57)12-10-35/h7,9-16,26,31-32,34,41H,5-6,8,17-25,27-30H2,1-4H3,(H,64,65)/t32-,34+,41-/m1/s1. The van der Waals surface area contributed by atoms with E-state index in [4.69, 9.17) is 61.3 Å². The Morgan fingerprint density at radius 3 is 2.53 bits per heavy atom. The molecule has 3 aromatic carbocycles. The lowest BCUT2D eigenvalue weighted by atomic mass is 9.90. The fraction of sp³-hybridized carbons (Fsp3) is 0.426. The van der Waals surface area contributed by atoms with Gasteiger partial charge >= 0.3 is 5.97 Å². The molecule has 15 nitrogen and oxygen atoms in total. The number of ether oxygens (including phenoxy) is 7. The number of fused-ring (bicyclic) bond motifs is 2. The average molecular weight is 1060 g/mol. The largest absolute Gasteiger partial charge is 0.490 e. The van der Waals surface area contributed by atoms with Crippen LogP contribution in [0.3, 0.4) is 0 Å². The topological polar surface area (TPSA) is 160 Å². The summed E-state index contributed by atoms with van der Waals surface area (Å²) in [4.78, 5) is 36.8.